The van der Waals surface area contributed by atoms with E-state index in [-0.39, 0.29) is 30.0 Å². The quantitative estimate of drug-likeness (QED) is 0.619. The van der Waals surface area contributed by atoms with Crippen molar-refractivity contribution in [2.45, 2.75) is 19.5 Å². The number of hydrogen-bond donors (Lipinski definition) is 1. The summed E-state index contributed by atoms with van der Waals surface area (Å²) >= 11 is 0. The van der Waals surface area contributed by atoms with Gasteiger partial charge in [0.1, 0.15) is 11.5 Å². The zero-order chi connectivity index (χ0) is 23.0. The number of carbonyl (C=O) groups is 2. The second kappa shape index (κ2) is 8.02. The molecule has 3 aromatic rings. The van der Waals surface area contributed by atoms with Crippen LogP contribution in [-0.4, -0.2) is 38.6 Å². The van der Waals surface area contributed by atoms with Gasteiger partial charge in [-0.1, -0.05) is 6.07 Å². The van der Waals surface area contributed by atoms with E-state index in [1.807, 2.05) is 0 Å². The highest BCUT2D eigenvalue weighted by Crippen LogP contribution is 2.33. The predicted octanol–water partition coefficient (Wildman–Crippen LogP) is 3.12. The Bertz CT molecular complexity index is 1190. The Balaban J connectivity index is 1.50. The summed E-state index contributed by atoms with van der Waals surface area (Å²) in [6, 6.07) is 8.20. The van der Waals surface area contributed by atoms with E-state index >= 15 is 0 Å². The number of alkyl halides is 3. The summed E-state index contributed by atoms with van der Waals surface area (Å²) in [5, 5.41) is 13.5. The number of amides is 2. The first-order valence-electron chi connectivity index (χ1n) is 9.47. The van der Waals surface area contributed by atoms with Crippen LogP contribution >= 0.6 is 0 Å². The van der Waals surface area contributed by atoms with Crippen molar-refractivity contribution in [2.24, 2.45) is 5.92 Å². The average Bonchev–Trinajstić information content (AvgIpc) is 3.34. The molecule has 2 heterocycles. The lowest BCUT2D eigenvalue weighted by Crippen LogP contribution is -2.28. The van der Waals surface area contributed by atoms with E-state index in [1.165, 1.54) is 28.9 Å². The van der Waals surface area contributed by atoms with Gasteiger partial charge in [0.2, 0.25) is 11.8 Å². The van der Waals surface area contributed by atoms with Crippen LogP contribution in [-0.2, 0) is 15.8 Å². The number of benzene rings is 2. The van der Waals surface area contributed by atoms with Gasteiger partial charge in [-0.05, 0) is 53.7 Å². The number of tetrazole rings is 1. The number of nitrogens with zero attached hydrogens (tertiary/aromatic N) is 5. The fourth-order valence-corrected chi connectivity index (χ4v) is 3.43. The van der Waals surface area contributed by atoms with Crippen molar-refractivity contribution < 1.29 is 27.2 Å². The minimum absolute atomic E-state index is 0.0263. The van der Waals surface area contributed by atoms with Crippen molar-refractivity contribution in [1.29, 1.82) is 0 Å². The maximum absolute atomic E-state index is 14.2. The van der Waals surface area contributed by atoms with Crippen LogP contribution in [0.4, 0.5) is 28.9 Å². The first-order valence-corrected chi connectivity index (χ1v) is 9.47. The normalized spacial score (nSPS) is 16.5. The minimum Gasteiger partial charge on any atom is -0.326 e. The number of carbonyl (C=O) groups excluding carboxylic acids is 2. The smallest absolute Gasteiger partial charge is 0.326 e. The zero-order valence-corrected chi connectivity index (χ0v) is 16.6. The molecule has 1 saturated heterocycles. The molecule has 0 bridgehead atoms. The molecular formula is C20H16F4N6O2. The molecule has 1 unspecified atom stereocenters. The predicted molar refractivity (Wildman–Crippen MR) is 104 cm³/mol. The van der Waals surface area contributed by atoms with Crippen LogP contribution in [0.1, 0.15) is 17.8 Å². The standard InChI is InChI=1S/C20H16F4N6O2/c1-11-26-27-28-30(11)17-9-14(5-6-16(17)21)25-19(32)12-7-18(31)29(10-12)15-4-2-3-13(8-15)20(22,23)24/h2-6,8-9,12H,7,10H2,1H3,(H,25,32). The molecule has 4 rings (SSSR count). The molecule has 2 aromatic carbocycles. The highest BCUT2D eigenvalue weighted by atomic mass is 19.4. The molecule has 1 aromatic heterocycles. The van der Waals surface area contributed by atoms with E-state index in [0.717, 1.165) is 23.1 Å². The van der Waals surface area contributed by atoms with Gasteiger partial charge in [-0.25, -0.2) is 4.39 Å². The molecule has 0 saturated carbocycles. The van der Waals surface area contributed by atoms with Crippen molar-refractivity contribution in [3.8, 4) is 5.69 Å². The highest BCUT2D eigenvalue weighted by Gasteiger charge is 2.37. The average molecular weight is 448 g/mol. The Morgan fingerprint density at radius 2 is 1.97 bits per heavy atom. The van der Waals surface area contributed by atoms with Crippen LogP contribution in [0.15, 0.2) is 42.5 Å². The summed E-state index contributed by atoms with van der Waals surface area (Å²) in [6.45, 7) is 1.50. The van der Waals surface area contributed by atoms with Crippen LogP contribution in [0, 0.1) is 18.7 Å². The summed E-state index contributed by atoms with van der Waals surface area (Å²) in [5.41, 5.74) is -0.532. The lowest BCUT2D eigenvalue weighted by Gasteiger charge is -2.18. The SMILES string of the molecule is Cc1nnnn1-c1cc(NC(=O)C2CC(=O)N(c3cccc(C(F)(F)F)c3)C2)ccc1F. The van der Waals surface area contributed by atoms with Crippen molar-refractivity contribution in [3.05, 3.63) is 59.7 Å². The summed E-state index contributed by atoms with van der Waals surface area (Å²) in [7, 11) is 0. The molecule has 0 radical (unpaired) electrons. The topological polar surface area (TPSA) is 93.0 Å². The number of halogens is 4. The molecule has 32 heavy (non-hydrogen) atoms. The van der Waals surface area contributed by atoms with Gasteiger partial charge in [0.05, 0.1) is 11.5 Å². The van der Waals surface area contributed by atoms with Crippen LogP contribution in [0.25, 0.3) is 5.69 Å². The molecule has 1 N–H and O–H groups in total. The lowest BCUT2D eigenvalue weighted by atomic mass is 10.1. The second-order valence-corrected chi connectivity index (χ2v) is 7.25. The molecular weight excluding hydrogens is 432 g/mol. The second-order valence-electron chi connectivity index (χ2n) is 7.25. The molecule has 2 amide bonds. The van der Waals surface area contributed by atoms with E-state index < -0.39 is 35.3 Å². The molecule has 1 aliphatic heterocycles. The summed E-state index contributed by atoms with van der Waals surface area (Å²) in [6.07, 6.45) is -4.71. The number of anilines is 2. The van der Waals surface area contributed by atoms with Crippen LogP contribution < -0.4 is 10.2 Å². The number of hydrogen-bond acceptors (Lipinski definition) is 5. The number of aryl methyl sites for hydroxylation is 1. The third kappa shape index (κ3) is 4.15. The molecule has 0 spiro atoms. The molecule has 0 aliphatic carbocycles. The highest BCUT2D eigenvalue weighted by molar-refractivity contribution is 6.03. The van der Waals surface area contributed by atoms with E-state index in [1.54, 1.807) is 6.92 Å². The molecule has 1 aliphatic rings. The fraction of sp³-hybridized carbons (Fsp3) is 0.250. The van der Waals surface area contributed by atoms with E-state index in [9.17, 15) is 27.2 Å². The summed E-state index contributed by atoms with van der Waals surface area (Å²) in [4.78, 5) is 26.2. The maximum atomic E-state index is 14.2. The lowest BCUT2D eigenvalue weighted by molar-refractivity contribution is -0.137. The Morgan fingerprint density at radius 3 is 2.66 bits per heavy atom. The summed E-state index contributed by atoms with van der Waals surface area (Å²) in [5.74, 6) is -2.04. The molecule has 1 atom stereocenters. The minimum atomic E-state index is -4.55. The fourth-order valence-electron chi connectivity index (χ4n) is 3.43. The van der Waals surface area contributed by atoms with Gasteiger partial charge in [0.15, 0.2) is 5.82 Å². The van der Waals surface area contributed by atoms with Crippen molar-refractivity contribution in [3.63, 3.8) is 0 Å². The Morgan fingerprint density at radius 1 is 1.19 bits per heavy atom. The monoisotopic (exact) mass is 448 g/mol. The summed E-state index contributed by atoms with van der Waals surface area (Å²) < 4.78 is 54.3. The molecule has 12 heteroatoms. The number of aromatic nitrogens is 4. The van der Waals surface area contributed by atoms with Crippen molar-refractivity contribution in [2.75, 3.05) is 16.8 Å². The van der Waals surface area contributed by atoms with E-state index in [0.29, 0.717) is 5.82 Å². The third-order valence-corrected chi connectivity index (χ3v) is 5.05. The first kappa shape index (κ1) is 21.4. The zero-order valence-electron chi connectivity index (χ0n) is 16.6. The Hall–Kier alpha value is -3.83. The molecule has 8 nitrogen and oxygen atoms in total. The van der Waals surface area contributed by atoms with Crippen molar-refractivity contribution >= 4 is 23.2 Å². The Labute approximate surface area is 178 Å². The van der Waals surface area contributed by atoms with Gasteiger partial charge < -0.3 is 10.2 Å². The molecule has 1 fully saturated rings. The van der Waals surface area contributed by atoms with Crippen LogP contribution in [0.2, 0.25) is 0 Å². The van der Waals surface area contributed by atoms with Crippen LogP contribution in [0.5, 0.6) is 0 Å². The van der Waals surface area contributed by atoms with Gasteiger partial charge in [-0.3, -0.25) is 9.59 Å². The van der Waals surface area contributed by atoms with Gasteiger partial charge in [-0.15, -0.1) is 5.10 Å². The van der Waals surface area contributed by atoms with Crippen molar-refractivity contribution in [1.82, 2.24) is 20.2 Å². The van der Waals surface area contributed by atoms with Gasteiger partial charge in [0.25, 0.3) is 0 Å². The first-order chi connectivity index (χ1) is 15.1. The number of nitrogens with one attached hydrogen (secondary N) is 1. The van der Waals surface area contributed by atoms with Gasteiger partial charge in [0, 0.05) is 24.3 Å². The molecule has 166 valence electrons. The number of rotatable bonds is 4. The van der Waals surface area contributed by atoms with Gasteiger partial charge >= 0.3 is 6.18 Å². The van der Waals surface area contributed by atoms with Crippen LogP contribution in [0.3, 0.4) is 0 Å². The maximum Gasteiger partial charge on any atom is 0.416 e. The van der Waals surface area contributed by atoms with E-state index in [2.05, 4.69) is 20.8 Å². The van der Waals surface area contributed by atoms with E-state index in [4.69, 9.17) is 0 Å². The van der Waals surface area contributed by atoms with Gasteiger partial charge in [-0.2, -0.15) is 17.9 Å². The Kier molecular flexibility index (Phi) is 5.36. The third-order valence-electron chi connectivity index (χ3n) is 5.05. The largest absolute Gasteiger partial charge is 0.416 e.